The van der Waals surface area contributed by atoms with Gasteiger partial charge in [0, 0.05) is 10.8 Å². The van der Waals surface area contributed by atoms with E-state index in [4.69, 9.17) is 0 Å². The van der Waals surface area contributed by atoms with Gasteiger partial charge in [0.25, 0.3) is 0 Å². The Morgan fingerprint density at radius 2 is 0.812 bits per heavy atom. The highest BCUT2D eigenvalue weighted by Crippen LogP contribution is 2.54. The topological polar surface area (TPSA) is 0 Å². The summed E-state index contributed by atoms with van der Waals surface area (Å²) in [6.45, 7) is 39.2. The summed E-state index contributed by atoms with van der Waals surface area (Å²) in [5, 5.41) is 0. The Balaban J connectivity index is 0.000000398. The van der Waals surface area contributed by atoms with Gasteiger partial charge in [0.15, 0.2) is 0 Å². The third-order valence-electron chi connectivity index (χ3n) is 9.95. The minimum atomic E-state index is 0.135. The van der Waals surface area contributed by atoms with Crippen LogP contribution in [0.1, 0.15) is 165 Å². The van der Waals surface area contributed by atoms with E-state index in [2.05, 4.69) is 154 Å². The smallest absolute Gasteiger partial charge is 0.0188 e. The summed E-state index contributed by atoms with van der Waals surface area (Å²) >= 11 is 0. The van der Waals surface area contributed by atoms with Gasteiger partial charge in [0.1, 0.15) is 0 Å². The first kappa shape index (κ1) is 42.9. The first-order chi connectivity index (χ1) is 22.7. The van der Waals surface area contributed by atoms with Gasteiger partial charge in [-0.15, -0.1) is 0 Å². The zero-order chi connectivity index (χ0) is 37.1. The standard InChI is InChI=1S/2C20H24.4C2H6/c1-14-8-6-10-16(12-14)20(5)13-19(3,4)17-11-7-9-15(2)18(17)20;1-14-7-6-8-16(11-14)20(5)13-19(3,4)18-12-15(2)9-10-17(18)20;4*1-2/h2*6-12H,13H2,1-5H3;4*1-2H3. The molecule has 0 N–H and O–H groups in total. The van der Waals surface area contributed by atoms with Crippen molar-refractivity contribution in [1.82, 2.24) is 0 Å². The van der Waals surface area contributed by atoms with Crippen molar-refractivity contribution in [3.63, 3.8) is 0 Å². The lowest BCUT2D eigenvalue weighted by Gasteiger charge is -2.29. The molecule has 0 saturated heterocycles. The zero-order valence-electron chi connectivity index (χ0n) is 34.5. The van der Waals surface area contributed by atoms with Crippen molar-refractivity contribution in [1.29, 1.82) is 0 Å². The minimum absolute atomic E-state index is 0.135. The van der Waals surface area contributed by atoms with Crippen molar-refractivity contribution in [3.8, 4) is 0 Å². The monoisotopic (exact) mass is 649 g/mol. The van der Waals surface area contributed by atoms with Gasteiger partial charge in [-0.3, -0.25) is 0 Å². The highest BCUT2D eigenvalue weighted by atomic mass is 14.5. The molecule has 0 nitrogen and oxygen atoms in total. The highest BCUT2D eigenvalue weighted by molar-refractivity contribution is 5.55. The molecule has 4 aromatic carbocycles. The van der Waals surface area contributed by atoms with Gasteiger partial charge in [-0.25, -0.2) is 0 Å². The van der Waals surface area contributed by atoms with Crippen LogP contribution in [0.3, 0.4) is 0 Å². The maximum absolute atomic E-state index is 2.42. The van der Waals surface area contributed by atoms with E-state index in [9.17, 15) is 0 Å². The zero-order valence-corrected chi connectivity index (χ0v) is 34.5. The number of hydrogen-bond acceptors (Lipinski definition) is 0. The predicted octanol–water partition coefficient (Wildman–Crippen LogP) is 14.7. The number of fused-ring (bicyclic) bond motifs is 2. The molecule has 0 saturated carbocycles. The second-order valence-electron chi connectivity index (χ2n) is 14.6. The molecule has 0 spiro atoms. The molecule has 2 aliphatic carbocycles. The van der Waals surface area contributed by atoms with Crippen LogP contribution in [0.5, 0.6) is 0 Å². The first-order valence-corrected chi connectivity index (χ1v) is 19.0. The molecule has 6 rings (SSSR count). The van der Waals surface area contributed by atoms with E-state index in [1.807, 2.05) is 55.4 Å². The van der Waals surface area contributed by atoms with Gasteiger partial charge in [-0.2, -0.15) is 0 Å². The summed E-state index contributed by atoms with van der Waals surface area (Å²) < 4.78 is 0. The van der Waals surface area contributed by atoms with Crippen LogP contribution >= 0.6 is 0 Å². The predicted molar refractivity (Wildman–Crippen MR) is 218 cm³/mol. The van der Waals surface area contributed by atoms with E-state index < -0.39 is 0 Å². The SMILES string of the molecule is CC.CC.CC.CC.Cc1cccc(C2(C)CC(C)(C)c3cc(C)ccc32)c1.Cc1cccc(C2(C)CC(C)(C)c3cccc(C)c32)c1. The average Bonchev–Trinajstić information content (AvgIpc) is 3.43. The summed E-state index contributed by atoms with van der Waals surface area (Å²) in [5.74, 6) is 0. The van der Waals surface area contributed by atoms with Crippen LogP contribution < -0.4 is 0 Å². The molecule has 0 radical (unpaired) electrons. The first-order valence-electron chi connectivity index (χ1n) is 19.0. The quantitative estimate of drug-likeness (QED) is 0.203. The molecule has 2 atom stereocenters. The molecule has 48 heavy (non-hydrogen) atoms. The van der Waals surface area contributed by atoms with Crippen molar-refractivity contribution in [2.75, 3.05) is 0 Å². The summed E-state index contributed by atoms with van der Waals surface area (Å²) in [6.07, 6.45) is 2.37. The van der Waals surface area contributed by atoms with Crippen LogP contribution in [0, 0.1) is 27.7 Å². The Morgan fingerprint density at radius 3 is 1.31 bits per heavy atom. The molecule has 0 aromatic heterocycles. The lowest BCUT2D eigenvalue weighted by atomic mass is 9.74. The van der Waals surface area contributed by atoms with E-state index in [1.165, 1.54) is 62.9 Å². The van der Waals surface area contributed by atoms with Crippen LogP contribution in [0.25, 0.3) is 0 Å². The molecule has 0 fully saturated rings. The van der Waals surface area contributed by atoms with Gasteiger partial charge >= 0.3 is 0 Å². The Hall–Kier alpha value is -3.12. The fraction of sp³-hybridized carbons (Fsp3) is 0.500. The van der Waals surface area contributed by atoms with Gasteiger partial charge in [-0.05, 0) is 90.3 Å². The van der Waals surface area contributed by atoms with E-state index in [-0.39, 0.29) is 21.7 Å². The highest BCUT2D eigenvalue weighted by Gasteiger charge is 2.47. The van der Waals surface area contributed by atoms with Crippen LogP contribution in [-0.4, -0.2) is 0 Å². The fourth-order valence-electron chi connectivity index (χ4n) is 8.29. The van der Waals surface area contributed by atoms with Crippen molar-refractivity contribution < 1.29 is 0 Å². The molecular formula is C48H72. The molecule has 4 aromatic rings. The molecule has 0 bridgehead atoms. The minimum Gasteiger partial charge on any atom is -0.0683 e. The Morgan fingerprint density at radius 1 is 0.396 bits per heavy atom. The third-order valence-corrected chi connectivity index (χ3v) is 9.95. The van der Waals surface area contributed by atoms with Gasteiger partial charge in [-0.1, -0.05) is 199 Å². The summed E-state index contributed by atoms with van der Waals surface area (Å²) in [7, 11) is 0. The molecule has 264 valence electrons. The van der Waals surface area contributed by atoms with Crippen LogP contribution in [0.4, 0.5) is 0 Å². The maximum Gasteiger partial charge on any atom is 0.0188 e. The van der Waals surface area contributed by atoms with Crippen LogP contribution in [0.2, 0.25) is 0 Å². The van der Waals surface area contributed by atoms with E-state index in [1.54, 1.807) is 5.56 Å². The third kappa shape index (κ3) is 8.91. The average molecular weight is 649 g/mol. The van der Waals surface area contributed by atoms with Crippen molar-refractivity contribution in [3.05, 3.63) is 141 Å². The maximum atomic E-state index is 2.42. The lowest BCUT2D eigenvalue weighted by molar-refractivity contribution is 0.424. The molecule has 2 aliphatic rings. The molecule has 0 heteroatoms. The summed E-state index contributed by atoms with van der Waals surface area (Å²) in [6, 6.07) is 31.8. The van der Waals surface area contributed by atoms with Gasteiger partial charge in [0.05, 0.1) is 0 Å². The Kier molecular flexibility index (Phi) is 16.1. The van der Waals surface area contributed by atoms with Crippen molar-refractivity contribution >= 4 is 0 Å². The summed E-state index contributed by atoms with van der Waals surface area (Å²) in [4.78, 5) is 0. The number of rotatable bonds is 2. The number of aryl methyl sites for hydroxylation is 4. The molecule has 2 unspecified atom stereocenters. The molecular weight excluding hydrogens is 577 g/mol. The van der Waals surface area contributed by atoms with Crippen molar-refractivity contribution in [2.45, 2.75) is 159 Å². The van der Waals surface area contributed by atoms with Crippen LogP contribution in [-0.2, 0) is 21.7 Å². The van der Waals surface area contributed by atoms with E-state index in [0.717, 1.165) is 0 Å². The van der Waals surface area contributed by atoms with E-state index >= 15 is 0 Å². The summed E-state index contributed by atoms with van der Waals surface area (Å²) in [5.41, 5.74) is 15.3. The van der Waals surface area contributed by atoms with Crippen molar-refractivity contribution in [2.24, 2.45) is 0 Å². The number of benzene rings is 4. The molecule has 0 aliphatic heterocycles. The Labute approximate surface area is 298 Å². The number of hydrogen-bond donors (Lipinski definition) is 0. The second-order valence-corrected chi connectivity index (χ2v) is 14.6. The van der Waals surface area contributed by atoms with Gasteiger partial charge in [0.2, 0.25) is 0 Å². The molecule has 0 amide bonds. The normalized spacial score (nSPS) is 20.2. The Bertz CT molecular complexity index is 1560. The fourth-order valence-corrected chi connectivity index (χ4v) is 8.29. The second kappa shape index (κ2) is 18.0. The van der Waals surface area contributed by atoms with E-state index in [0.29, 0.717) is 0 Å². The van der Waals surface area contributed by atoms with Gasteiger partial charge < -0.3 is 0 Å². The lowest BCUT2D eigenvalue weighted by Crippen LogP contribution is -2.24. The molecule has 0 heterocycles. The van der Waals surface area contributed by atoms with Crippen LogP contribution in [0.15, 0.2) is 84.9 Å². The largest absolute Gasteiger partial charge is 0.0683 e.